The van der Waals surface area contributed by atoms with E-state index in [1.807, 2.05) is 17.8 Å². The van der Waals surface area contributed by atoms with Gasteiger partial charge in [0.1, 0.15) is 0 Å². The number of ether oxygens (including phenoxy) is 1. The first-order valence-corrected chi connectivity index (χ1v) is 11.3. The van der Waals surface area contributed by atoms with Crippen LogP contribution in [-0.4, -0.2) is 60.3 Å². The molecular formula is C23H29FN8O2. The van der Waals surface area contributed by atoms with Crippen molar-refractivity contribution < 1.29 is 14.2 Å². The number of nitrogen functional groups attached to an aromatic ring is 1. The number of aromatic nitrogens is 6. The smallest absolute Gasteiger partial charge is 0.223 e. The van der Waals surface area contributed by atoms with Gasteiger partial charge in [-0.1, -0.05) is 0 Å². The average molecular weight is 469 g/mol. The molecule has 0 saturated carbocycles. The number of aliphatic hydroxyl groups is 1. The van der Waals surface area contributed by atoms with Crippen LogP contribution in [0, 0.1) is 12.7 Å². The molecule has 1 saturated heterocycles. The SMILES string of the molecule is COc1cc2nc(N)n3nc([C@H]4CCCN(c5cnn(CC(C)(C)O)c5C)C4)nc3c2cc1F. The molecule has 1 aromatic carbocycles. The number of piperidine rings is 1. The molecule has 180 valence electrons. The van der Waals surface area contributed by atoms with E-state index in [-0.39, 0.29) is 17.6 Å². The lowest BCUT2D eigenvalue weighted by atomic mass is 9.97. The lowest BCUT2D eigenvalue weighted by molar-refractivity contribution is 0.0571. The maximum absolute atomic E-state index is 14.4. The van der Waals surface area contributed by atoms with Crippen molar-refractivity contribution in [2.24, 2.45) is 0 Å². The summed E-state index contributed by atoms with van der Waals surface area (Å²) in [5.41, 5.74) is 8.34. The third-order valence-corrected chi connectivity index (χ3v) is 6.33. The Morgan fingerprint density at radius 2 is 2.09 bits per heavy atom. The number of hydrogen-bond donors (Lipinski definition) is 2. The van der Waals surface area contributed by atoms with Gasteiger partial charge in [0.2, 0.25) is 5.95 Å². The number of nitrogens with two attached hydrogens (primary N) is 1. The highest BCUT2D eigenvalue weighted by Crippen LogP contribution is 2.32. The summed E-state index contributed by atoms with van der Waals surface area (Å²) < 4.78 is 22.8. The van der Waals surface area contributed by atoms with E-state index in [1.54, 1.807) is 13.8 Å². The molecule has 1 aliphatic rings. The van der Waals surface area contributed by atoms with Crippen molar-refractivity contribution in [3.05, 3.63) is 35.7 Å². The second-order valence-corrected chi connectivity index (χ2v) is 9.55. The standard InChI is InChI=1S/C23H29FN8O2/c1-13-18(10-26-31(13)12-23(2,3)33)30-7-5-6-14(11-30)20-28-21-15-8-16(24)19(34-4)9-17(15)27-22(25)32(21)29-20/h8-10,14,33H,5-7,11-12H2,1-4H3,(H2,25,27)/t14-/m0/s1. The molecule has 11 heteroatoms. The summed E-state index contributed by atoms with van der Waals surface area (Å²) in [6.45, 7) is 7.60. The summed E-state index contributed by atoms with van der Waals surface area (Å²) in [6, 6.07) is 2.88. The van der Waals surface area contributed by atoms with Crippen LogP contribution in [0.25, 0.3) is 16.6 Å². The van der Waals surface area contributed by atoms with Crippen LogP contribution in [-0.2, 0) is 6.54 Å². The van der Waals surface area contributed by atoms with E-state index in [0.29, 0.717) is 28.9 Å². The largest absolute Gasteiger partial charge is 0.494 e. The predicted molar refractivity (Wildman–Crippen MR) is 127 cm³/mol. The van der Waals surface area contributed by atoms with Crippen LogP contribution in [0.2, 0.25) is 0 Å². The van der Waals surface area contributed by atoms with Crippen LogP contribution < -0.4 is 15.4 Å². The lowest BCUT2D eigenvalue weighted by Gasteiger charge is -2.33. The molecule has 3 N–H and O–H groups in total. The highest BCUT2D eigenvalue weighted by Gasteiger charge is 2.28. The number of nitrogens with zero attached hydrogens (tertiary/aromatic N) is 7. The summed E-state index contributed by atoms with van der Waals surface area (Å²) >= 11 is 0. The second kappa shape index (κ2) is 8.08. The van der Waals surface area contributed by atoms with Crippen molar-refractivity contribution in [3.63, 3.8) is 0 Å². The van der Waals surface area contributed by atoms with E-state index in [1.165, 1.54) is 23.8 Å². The quantitative estimate of drug-likeness (QED) is 0.459. The number of anilines is 2. The number of benzene rings is 1. The van der Waals surface area contributed by atoms with Gasteiger partial charge in [-0.2, -0.15) is 9.61 Å². The summed E-state index contributed by atoms with van der Waals surface area (Å²) in [5.74, 6) is 0.528. The third kappa shape index (κ3) is 3.89. The molecule has 0 radical (unpaired) electrons. The Bertz CT molecular complexity index is 1370. The van der Waals surface area contributed by atoms with Crippen LogP contribution in [0.5, 0.6) is 5.75 Å². The van der Waals surface area contributed by atoms with Gasteiger partial charge in [0.25, 0.3) is 0 Å². The molecule has 34 heavy (non-hydrogen) atoms. The van der Waals surface area contributed by atoms with Gasteiger partial charge < -0.3 is 20.5 Å². The van der Waals surface area contributed by atoms with Crippen molar-refractivity contribution in [2.45, 2.75) is 51.7 Å². The number of rotatable bonds is 5. The molecule has 3 aromatic heterocycles. The van der Waals surface area contributed by atoms with Gasteiger partial charge in [0.05, 0.1) is 42.4 Å². The zero-order valence-electron chi connectivity index (χ0n) is 19.8. The van der Waals surface area contributed by atoms with E-state index in [0.717, 1.165) is 37.3 Å². The minimum atomic E-state index is -0.848. The normalized spacial score (nSPS) is 17.1. The van der Waals surface area contributed by atoms with Gasteiger partial charge in [0, 0.05) is 30.5 Å². The zero-order chi connectivity index (χ0) is 24.2. The molecule has 0 amide bonds. The molecule has 5 rings (SSSR count). The first-order chi connectivity index (χ1) is 16.1. The molecule has 1 fully saturated rings. The molecule has 0 aliphatic carbocycles. The third-order valence-electron chi connectivity index (χ3n) is 6.33. The fourth-order valence-electron chi connectivity index (χ4n) is 4.66. The highest BCUT2D eigenvalue weighted by atomic mass is 19.1. The van der Waals surface area contributed by atoms with Gasteiger partial charge >= 0.3 is 0 Å². The first kappa shape index (κ1) is 22.3. The summed E-state index contributed by atoms with van der Waals surface area (Å²) in [5, 5.41) is 19.8. The molecule has 0 bridgehead atoms. The minimum Gasteiger partial charge on any atom is -0.494 e. The van der Waals surface area contributed by atoms with Crippen LogP contribution in [0.4, 0.5) is 16.0 Å². The van der Waals surface area contributed by atoms with Crippen LogP contribution in [0.3, 0.4) is 0 Å². The molecule has 10 nitrogen and oxygen atoms in total. The molecular weight excluding hydrogens is 439 g/mol. The van der Waals surface area contributed by atoms with Gasteiger partial charge in [-0.15, -0.1) is 5.10 Å². The summed E-state index contributed by atoms with van der Waals surface area (Å²) in [7, 11) is 1.41. The van der Waals surface area contributed by atoms with Crippen molar-refractivity contribution >= 4 is 28.2 Å². The number of methoxy groups -OCH3 is 1. The van der Waals surface area contributed by atoms with Gasteiger partial charge in [-0.3, -0.25) is 4.68 Å². The molecule has 4 aromatic rings. The fraction of sp³-hybridized carbons (Fsp3) is 0.478. The number of fused-ring (bicyclic) bond motifs is 3. The average Bonchev–Trinajstić information content (AvgIpc) is 3.38. The first-order valence-electron chi connectivity index (χ1n) is 11.3. The fourth-order valence-corrected chi connectivity index (χ4v) is 4.66. The van der Waals surface area contributed by atoms with Gasteiger partial charge in [-0.25, -0.2) is 14.4 Å². The van der Waals surface area contributed by atoms with E-state index >= 15 is 0 Å². The lowest BCUT2D eigenvalue weighted by Crippen LogP contribution is -2.35. The van der Waals surface area contributed by atoms with Gasteiger partial charge in [-0.05, 0) is 39.7 Å². The predicted octanol–water partition coefficient (Wildman–Crippen LogP) is 2.67. The van der Waals surface area contributed by atoms with Crippen molar-refractivity contribution in [1.82, 2.24) is 29.4 Å². The van der Waals surface area contributed by atoms with Crippen LogP contribution in [0.1, 0.15) is 44.1 Å². The van der Waals surface area contributed by atoms with Crippen LogP contribution >= 0.6 is 0 Å². The molecule has 0 spiro atoms. The zero-order valence-corrected chi connectivity index (χ0v) is 19.8. The van der Waals surface area contributed by atoms with E-state index in [4.69, 9.17) is 15.5 Å². The Hall–Kier alpha value is -3.47. The number of hydrogen-bond acceptors (Lipinski definition) is 8. The Labute approximate surface area is 196 Å². The highest BCUT2D eigenvalue weighted by molar-refractivity contribution is 5.93. The summed E-state index contributed by atoms with van der Waals surface area (Å²) in [4.78, 5) is 11.4. The monoisotopic (exact) mass is 468 g/mol. The Morgan fingerprint density at radius 3 is 2.82 bits per heavy atom. The van der Waals surface area contributed by atoms with E-state index in [9.17, 15) is 9.50 Å². The Balaban J connectivity index is 1.48. The Morgan fingerprint density at radius 1 is 1.29 bits per heavy atom. The molecule has 1 aliphatic heterocycles. The van der Waals surface area contributed by atoms with Crippen molar-refractivity contribution in [1.29, 1.82) is 0 Å². The maximum Gasteiger partial charge on any atom is 0.223 e. The molecule has 4 heterocycles. The van der Waals surface area contributed by atoms with Gasteiger partial charge in [0.15, 0.2) is 23.0 Å². The minimum absolute atomic E-state index is 0.0724. The van der Waals surface area contributed by atoms with Crippen LogP contribution in [0.15, 0.2) is 18.3 Å². The summed E-state index contributed by atoms with van der Waals surface area (Å²) in [6.07, 6.45) is 3.75. The van der Waals surface area contributed by atoms with Crippen molar-refractivity contribution in [2.75, 3.05) is 30.8 Å². The van der Waals surface area contributed by atoms with E-state index in [2.05, 4.69) is 20.1 Å². The molecule has 0 unspecified atom stereocenters. The maximum atomic E-state index is 14.4. The second-order valence-electron chi connectivity index (χ2n) is 9.55. The topological polar surface area (TPSA) is 120 Å². The molecule has 1 atom stereocenters. The number of halogens is 1. The van der Waals surface area contributed by atoms with Crippen molar-refractivity contribution in [3.8, 4) is 5.75 Å². The van der Waals surface area contributed by atoms with E-state index < -0.39 is 11.4 Å². The Kier molecular flexibility index (Phi) is 5.31.